The van der Waals surface area contributed by atoms with Gasteiger partial charge >= 0.3 is 5.97 Å². The van der Waals surface area contributed by atoms with E-state index in [-0.39, 0.29) is 17.7 Å². The van der Waals surface area contributed by atoms with Crippen LogP contribution in [0.2, 0.25) is 0 Å². The maximum atomic E-state index is 12.2. The lowest BCUT2D eigenvalue weighted by Gasteiger charge is -2.29. The van der Waals surface area contributed by atoms with Crippen LogP contribution in [0.15, 0.2) is 0 Å². The minimum atomic E-state index is -0.798. The third-order valence-electron chi connectivity index (χ3n) is 4.27. The number of amides is 1. The van der Waals surface area contributed by atoms with Gasteiger partial charge in [0.2, 0.25) is 5.91 Å². The number of rotatable bonds is 5. The monoisotopic (exact) mass is 256 g/mol. The summed E-state index contributed by atoms with van der Waals surface area (Å²) in [6.45, 7) is 6.91. The number of hydrogen-bond donors (Lipinski definition) is 2. The van der Waals surface area contributed by atoms with E-state index in [0.717, 1.165) is 0 Å². The normalized spacial score (nSPS) is 25.5. The first-order valence-electron chi connectivity index (χ1n) is 6.61. The minimum Gasteiger partial charge on any atom is -0.481 e. The fourth-order valence-corrected chi connectivity index (χ4v) is 2.61. The molecule has 0 radical (unpaired) electrons. The molecule has 2 atom stereocenters. The standard InChI is InChI=1S/C13H24N2O3/c1-4-10(7-14)11(16)15-6-5-13(8-15,9(2)3)12(17)18/h9-10H,4-8,14H2,1-3H3,(H,17,18). The van der Waals surface area contributed by atoms with E-state index in [2.05, 4.69) is 0 Å². The predicted molar refractivity (Wildman–Crippen MR) is 68.9 cm³/mol. The predicted octanol–water partition coefficient (Wildman–Crippen LogP) is 0.931. The van der Waals surface area contributed by atoms with Crippen LogP contribution < -0.4 is 5.73 Å². The number of nitrogens with zero attached hydrogens (tertiary/aromatic N) is 1. The molecule has 5 nitrogen and oxygen atoms in total. The number of carboxylic acids is 1. The van der Waals surface area contributed by atoms with E-state index in [1.54, 1.807) is 4.90 Å². The van der Waals surface area contributed by atoms with Gasteiger partial charge in [-0.3, -0.25) is 9.59 Å². The van der Waals surface area contributed by atoms with Crippen LogP contribution in [0.1, 0.15) is 33.6 Å². The van der Waals surface area contributed by atoms with Gasteiger partial charge in [-0.2, -0.15) is 0 Å². The second-order valence-corrected chi connectivity index (χ2v) is 5.47. The number of aliphatic carboxylic acids is 1. The number of carbonyl (C=O) groups excluding carboxylic acids is 1. The van der Waals surface area contributed by atoms with Crippen molar-refractivity contribution in [3.63, 3.8) is 0 Å². The summed E-state index contributed by atoms with van der Waals surface area (Å²) in [5.41, 5.74) is 4.79. The Balaban J connectivity index is 2.81. The quantitative estimate of drug-likeness (QED) is 0.766. The summed E-state index contributed by atoms with van der Waals surface area (Å²) >= 11 is 0. The van der Waals surface area contributed by atoms with Crippen molar-refractivity contribution in [3.8, 4) is 0 Å². The first-order valence-corrected chi connectivity index (χ1v) is 6.61. The van der Waals surface area contributed by atoms with Gasteiger partial charge in [0.25, 0.3) is 0 Å². The van der Waals surface area contributed by atoms with E-state index in [1.165, 1.54) is 0 Å². The molecule has 18 heavy (non-hydrogen) atoms. The molecule has 1 amide bonds. The van der Waals surface area contributed by atoms with Crippen molar-refractivity contribution in [3.05, 3.63) is 0 Å². The molecule has 1 saturated heterocycles. The number of likely N-dealkylation sites (tertiary alicyclic amines) is 1. The van der Waals surface area contributed by atoms with Gasteiger partial charge in [-0.05, 0) is 18.8 Å². The summed E-state index contributed by atoms with van der Waals surface area (Å²) in [4.78, 5) is 25.3. The first kappa shape index (κ1) is 15.0. The zero-order chi connectivity index (χ0) is 13.9. The van der Waals surface area contributed by atoms with E-state index < -0.39 is 11.4 Å². The first-order chi connectivity index (χ1) is 8.39. The highest BCUT2D eigenvalue weighted by Crippen LogP contribution is 2.38. The van der Waals surface area contributed by atoms with Crippen molar-refractivity contribution in [1.29, 1.82) is 0 Å². The Hall–Kier alpha value is -1.10. The van der Waals surface area contributed by atoms with Gasteiger partial charge in [-0.15, -0.1) is 0 Å². The highest BCUT2D eigenvalue weighted by Gasteiger charge is 2.48. The molecule has 0 bridgehead atoms. The fraction of sp³-hybridized carbons (Fsp3) is 0.846. The number of nitrogens with two attached hydrogens (primary N) is 1. The zero-order valence-electron chi connectivity index (χ0n) is 11.5. The van der Waals surface area contributed by atoms with Gasteiger partial charge < -0.3 is 15.7 Å². The van der Waals surface area contributed by atoms with Crippen LogP contribution in [0.5, 0.6) is 0 Å². The topological polar surface area (TPSA) is 83.6 Å². The summed E-state index contributed by atoms with van der Waals surface area (Å²) in [6.07, 6.45) is 1.24. The fourth-order valence-electron chi connectivity index (χ4n) is 2.61. The third-order valence-corrected chi connectivity index (χ3v) is 4.27. The molecule has 0 aromatic rings. The van der Waals surface area contributed by atoms with Crippen LogP contribution in [0.4, 0.5) is 0 Å². The van der Waals surface area contributed by atoms with Crippen molar-refractivity contribution in [2.45, 2.75) is 33.6 Å². The van der Waals surface area contributed by atoms with E-state index in [1.807, 2.05) is 20.8 Å². The van der Waals surface area contributed by atoms with Gasteiger partial charge in [-0.1, -0.05) is 20.8 Å². The Kier molecular flexibility index (Phi) is 4.73. The van der Waals surface area contributed by atoms with Gasteiger partial charge in [0, 0.05) is 19.6 Å². The van der Waals surface area contributed by atoms with E-state index in [0.29, 0.717) is 32.5 Å². The van der Waals surface area contributed by atoms with E-state index in [9.17, 15) is 14.7 Å². The zero-order valence-corrected chi connectivity index (χ0v) is 11.5. The largest absolute Gasteiger partial charge is 0.481 e. The van der Waals surface area contributed by atoms with Gasteiger partial charge in [0.05, 0.1) is 11.3 Å². The molecule has 1 rings (SSSR count). The number of carboxylic acid groups (broad SMARTS) is 1. The van der Waals surface area contributed by atoms with Crippen molar-refractivity contribution >= 4 is 11.9 Å². The van der Waals surface area contributed by atoms with Crippen molar-refractivity contribution in [2.24, 2.45) is 23.0 Å². The number of hydrogen-bond acceptors (Lipinski definition) is 3. The number of carbonyl (C=O) groups is 2. The molecule has 1 aliphatic rings. The summed E-state index contributed by atoms with van der Waals surface area (Å²) in [7, 11) is 0. The molecule has 1 fully saturated rings. The molecule has 0 aromatic carbocycles. The minimum absolute atomic E-state index is 0.00350. The molecule has 2 unspecified atom stereocenters. The van der Waals surface area contributed by atoms with Crippen molar-refractivity contribution in [1.82, 2.24) is 4.90 Å². The Morgan fingerprint density at radius 1 is 1.44 bits per heavy atom. The van der Waals surface area contributed by atoms with Crippen LogP contribution in [0.25, 0.3) is 0 Å². The summed E-state index contributed by atoms with van der Waals surface area (Å²) in [6, 6.07) is 0. The SMILES string of the molecule is CCC(CN)C(=O)N1CCC(C(=O)O)(C(C)C)C1. The second kappa shape index (κ2) is 5.69. The van der Waals surface area contributed by atoms with Crippen LogP contribution in [-0.4, -0.2) is 41.5 Å². The van der Waals surface area contributed by atoms with Crippen LogP contribution in [-0.2, 0) is 9.59 Å². The second-order valence-electron chi connectivity index (χ2n) is 5.47. The third kappa shape index (κ3) is 2.51. The molecule has 5 heteroatoms. The smallest absolute Gasteiger partial charge is 0.311 e. The Labute approximate surface area is 108 Å². The summed E-state index contributed by atoms with van der Waals surface area (Å²) < 4.78 is 0. The van der Waals surface area contributed by atoms with Crippen LogP contribution in [0, 0.1) is 17.3 Å². The highest BCUT2D eigenvalue weighted by molar-refractivity contribution is 5.82. The average molecular weight is 256 g/mol. The lowest BCUT2D eigenvalue weighted by Crippen LogP contribution is -2.43. The molecule has 1 heterocycles. The van der Waals surface area contributed by atoms with Crippen molar-refractivity contribution in [2.75, 3.05) is 19.6 Å². The molecular weight excluding hydrogens is 232 g/mol. The molecule has 0 aromatic heterocycles. The molecule has 3 N–H and O–H groups in total. The van der Waals surface area contributed by atoms with Gasteiger partial charge in [-0.25, -0.2) is 0 Å². The Bertz CT molecular complexity index is 326. The molecule has 1 aliphatic heterocycles. The molecule has 0 saturated carbocycles. The molecular formula is C13H24N2O3. The molecule has 0 spiro atoms. The maximum absolute atomic E-state index is 12.2. The van der Waals surface area contributed by atoms with E-state index >= 15 is 0 Å². The molecule has 104 valence electrons. The summed E-state index contributed by atoms with van der Waals surface area (Å²) in [5, 5.41) is 9.42. The average Bonchev–Trinajstić information content (AvgIpc) is 2.76. The summed E-state index contributed by atoms with van der Waals surface area (Å²) in [5.74, 6) is -0.954. The van der Waals surface area contributed by atoms with Gasteiger partial charge in [0.1, 0.15) is 0 Å². The lowest BCUT2D eigenvalue weighted by molar-refractivity contribution is -0.151. The maximum Gasteiger partial charge on any atom is 0.311 e. The lowest BCUT2D eigenvalue weighted by atomic mass is 9.76. The van der Waals surface area contributed by atoms with Crippen LogP contribution >= 0.6 is 0 Å². The highest BCUT2D eigenvalue weighted by atomic mass is 16.4. The molecule has 0 aliphatic carbocycles. The Morgan fingerprint density at radius 2 is 2.06 bits per heavy atom. The van der Waals surface area contributed by atoms with Crippen molar-refractivity contribution < 1.29 is 14.7 Å². The van der Waals surface area contributed by atoms with Crippen LogP contribution in [0.3, 0.4) is 0 Å². The Morgan fingerprint density at radius 3 is 2.39 bits per heavy atom. The van der Waals surface area contributed by atoms with E-state index in [4.69, 9.17) is 5.73 Å². The van der Waals surface area contributed by atoms with Gasteiger partial charge in [0.15, 0.2) is 0 Å².